The molecule has 2 heterocycles. The summed E-state index contributed by atoms with van der Waals surface area (Å²) >= 11 is 0. The van der Waals surface area contributed by atoms with Gasteiger partial charge in [0, 0.05) is 0 Å². The van der Waals surface area contributed by atoms with Crippen LogP contribution in [-0.4, -0.2) is 20.6 Å². The van der Waals surface area contributed by atoms with E-state index in [0.717, 1.165) is 16.7 Å². The Morgan fingerprint density at radius 2 is 2.00 bits per heavy atom. The average molecular weight is 360 g/mol. The molecule has 3 rings (SSSR count). The van der Waals surface area contributed by atoms with Crippen molar-refractivity contribution in [1.82, 2.24) is 14.7 Å². The number of fused-ring (bicyclic) bond motifs is 1. The number of halogens is 5. The van der Waals surface area contributed by atoms with Crippen molar-refractivity contribution >= 4 is 22.9 Å². The summed E-state index contributed by atoms with van der Waals surface area (Å²) in [6.45, 7) is 1.28. The number of carbonyl (C=O) groups excluding carboxylic acids is 1. The van der Waals surface area contributed by atoms with E-state index in [-0.39, 0.29) is 16.7 Å². The van der Waals surface area contributed by atoms with E-state index in [4.69, 9.17) is 5.73 Å². The normalized spacial score (nSPS) is 12.3. The van der Waals surface area contributed by atoms with Crippen LogP contribution in [0.25, 0.3) is 11.0 Å². The zero-order chi connectivity index (χ0) is 18.5. The van der Waals surface area contributed by atoms with E-state index in [9.17, 15) is 26.7 Å². The minimum absolute atomic E-state index is 0.0590. The number of anilines is 1. The van der Waals surface area contributed by atoms with Crippen molar-refractivity contribution in [1.29, 1.82) is 0 Å². The number of hydrogen-bond donors (Lipinski definition) is 1. The highest BCUT2D eigenvalue weighted by molar-refractivity contribution is 6.04. The molecule has 0 unspecified atom stereocenters. The first-order chi connectivity index (χ1) is 11.6. The summed E-state index contributed by atoms with van der Waals surface area (Å²) < 4.78 is 69.4. The average Bonchev–Trinajstić information content (AvgIpc) is 3.04. The molecule has 0 fully saturated rings. The van der Waals surface area contributed by atoms with Crippen molar-refractivity contribution in [2.45, 2.75) is 19.5 Å². The van der Waals surface area contributed by atoms with Gasteiger partial charge in [0.25, 0.3) is 12.3 Å². The summed E-state index contributed by atoms with van der Waals surface area (Å²) in [5.41, 5.74) is 3.75. The Balaban J connectivity index is 2.18. The molecular weight excluding hydrogens is 351 g/mol. The van der Waals surface area contributed by atoms with Crippen LogP contribution in [0, 0.1) is 6.92 Å². The van der Waals surface area contributed by atoms with E-state index < -0.39 is 41.3 Å². The van der Waals surface area contributed by atoms with Crippen LogP contribution in [0.3, 0.4) is 0 Å². The molecule has 0 saturated carbocycles. The highest BCUT2D eigenvalue weighted by Gasteiger charge is 2.33. The number of aromatic nitrogens is 3. The molecule has 0 bridgehead atoms. The van der Waals surface area contributed by atoms with Gasteiger partial charge in [-0.05, 0) is 25.1 Å². The fourth-order valence-electron chi connectivity index (χ4n) is 2.40. The predicted molar refractivity (Wildman–Crippen MR) is 75.1 cm³/mol. The maximum Gasteiger partial charge on any atom is 0.416 e. The summed E-state index contributed by atoms with van der Waals surface area (Å²) in [5.74, 6) is -2.41. The summed E-state index contributed by atoms with van der Waals surface area (Å²) in [4.78, 5) is 16.3. The molecule has 6 nitrogen and oxygen atoms in total. The molecule has 0 radical (unpaired) electrons. The monoisotopic (exact) mass is 360 g/mol. The molecule has 25 heavy (non-hydrogen) atoms. The largest absolute Gasteiger partial charge is 0.416 e. The molecule has 1 aromatic carbocycles. The molecule has 0 aliphatic rings. The van der Waals surface area contributed by atoms with Gasteiger partial charge in [-0.1, -0.05) is 5.16 Å². The number of nitrogen functional groups attached to an aromatic ring is 1. The first-order valence-electron chi connectivity index (χ1n) is 6.75. The lowest BCUT2D eigenvalue weighted by Crippen LogP contribution is -2.17. The number of alkyl halides is 5. The van der Waals surface area contributed by atoms with Crippen LogP contribution in [0.4, 0.5) is 27.9 Å². The molecule has 3 aromatic rings. The van der Waals surface area contributed by atoms with E-state index in [0.29, 0.717) is 6.07 Å². The first kappa shape index (κ1) is 16.9. The molecule has 0 atom stereocenters. The van der Waals surface area contributed by atoms with Gasteiger partial charge in [-0.2, -0.15) is 13.2 Å². The third-order valence-corrected chi connectivity index (χ3v) is 3.51. The summed E-state index contributed by atoms with van der Waals surface area (Å²) in [5, 5.41) is 3.33. The maximum absolute atomic E-state index is 13.0. The lowest BCUT2D eigenvalue weighted by molar-refractivity contribution is -0.137. The second-order valence-electron chi connectivity index (χ2n) is 5.12. The van der Waals surface area contributed by atoms with Gasteiger partial charge in [0.1, 0.15) is 5.56 Å². The number of aryl methyl sites for hydroxylation is 1. The van der Waals surface area contributed by atoms with Crippen molar-refractivity contribution in [2.75, 3.05) is 5.73 Å². The van der Waals surface area contributed by atoms with Crippen LogP contribution in [-0.2, 0) is 6.18 Å². The first-order valence-corrected chi connectivity index (χ1v) is 6.75. The van der Waals surface area contributed by atoms with Crippen LogP contribution in [0.2, 0.25) is 0 Å². The summed E-state index contributed by atoms with van der Waals surface area (Å²) in [6, 6.07) is 2.44. The smallest absolute Gasteiger partial charge is 0.369 e. The standard InChI is InChI=1S/C14H9F5N4O2/c1-5-9(10(11(15)16)25-22-5)12(24)23-8-3-2-6(14(17,18)19)4-7(8)21-13(23)20/h2-4,11H,1H3,(H2,20,21). The number of rotatable bonds is 2. The van der Waals surface area contributed by atoms with Crippen molar-refractivity contribution in [3.8, 4) is 0 Å². The Morgan fingerprint density at radius 3 is 2.60 bits per heavy atom. The van der Waals surface area contributed by atoms with Gasteiger partial charge >= 0.3 is 6.18 Å². The Labute approximate surface area is 136 Å². The molecule has 0 aliphatic carbocycles. The summed E-state index contributed by atoms with van der Waals surface area (Å²) in [7, 11) is 0. The van der Waals surface area contributed by atoms with Crippen molar-refractivity contribution in [3.63, 3.8) is 0 Å². The van der Waals surface area contributed by atoms with Gasteiger partial charge < -0.3 is 10.3 Å². The number of nitrogens with two attached hydrogens (primary N) is 1. The van der Waals surface area contributed by atoms with Crippen LogP contribution in [0.15, 0.2) is 22.7 Å². The molecule has 0 amide bonds. The molecule has 2 N–H and O–H groups in total. The molecule has 0 saturated heterocycles. The zero-order valence-electron chi connectivity index (χ0n) is 12.4. The minimum Gasteiger partial charge on any atom is -0.369 e. The van der Waals surface area contributed by atoms with Crippen molar-refractivity contribution in [2.24, 2.45) is 0 Å². The minimum atomic E-state index is -4.61. The molecular formula is C14H9F5N4O2. The third kappa shape index (κ3) is 2.71. The number of benzene rings is 1. The Kier molecular flexibility index (Phi) is 3.73. The molecule has 2 aromatic heterocycles. The van der Waals surface area contributed by atoms with E-state index in [2.05, 4.69) is 14.7 Å². The van der Waals surface area contributed by atoms with Crippen LogP contribution < -0.4 is 5.73 Å². The molecule has 11 heteroatoms. The number of carbonyl (C=O) groups is 1. The lowest BCUT2D eigenvalue weighted by atomic mass is 10.1. The molecule has 132 valence electrons. The van der Waals surface area contributed by atoms with E-state index in [1.54, 1.807) is 0 Å². The predicted octanol–water partition coefficient (Wildman–Crippen LogP) is 3.56. The number of nitrogens with zero attached hydrogens (tertiary/aromatic N) is 3. The Morgan fingerprint density at radius 1 is 1.32 bits per heavy atom. The third-order valence-electron chi connectivity index (χ3n) is 3.51. The Hall–Kier alpha value is -2.98. The van der Waals surface area contributed by atoms with E-state index in [1.165, 1.54) is 6.92 Å². The van der Waals surface area contributed by atoms with Gasteiger partial charge in [0.2, 0.25) is 11.7 Å². The second kappa shape index (κ2) is 5.53. The molecule has 0 aliphatic heterocycles. The summed E-state index contributed by atoms with van der Waals surface area (Å²) in [6.07, 6.45) is -7.71. The SMILES string of the molecule is Cc1noc(C(F)F)c1C(=O)n1c(N)nc2cc(C(F)(F)F)ccc21. The van der Waals surface area contributed by atoms with Crippen molar-refractivity contribution in [3.05, 3.63) is 40.8 Å². The van der Waals surface area contributed by atoms with Crippen LogP contribution in [0.5, 0.6) is 0 Å². The van der Waals surface area contributed by atoms with Gasteiger partial charge in [-0.25, -0.2) is 18.3 Å². The zero-order valence-corrected chi connectivity index (χ0v) is 12.4. The Bertz CT molecular complexity index is 974. The van der Waals surface area contributed by atoms with Gasteiger partial charge in [0.15, 0.2) is 0 Å². The highest BCUT2D eigenvalue weighted by atomic mass is 19.4. The van der Waals surface area contributed by atoms with Gasteiger partial charge in [-0.15, -0.1) is 0 Å². The van der Waals surface area contributed by atoms with Crippen molar-refractivity contribution < 1.29 is 31.3 Å². The number of hydrogen-bond acceptors (Lipinski definition) is 5. The van der Waals surface area contributed by atoms with E-state index >= 15 is 0 Å². The lowest BCUT2D eigenvalue weighted by Gasteiger charge is -2.07. The number of imidazole rings is 1. The van der Waals surface area contributed by atoms with Crippen LogP contribution >= 0.6 is 0 Å². The fraction of sp³-hybridized carbons (Fsp3) is 0.214. The van der Waals surface area contributed by atoms with Gasteiger partial charge in [0.05, 0.1) is 22.3 Å². The van der Waals surface area contributed by atoms with Crippen LogP contribution in [0.1, 0.15) is 33.8 Å². The maximum atomic E-state index is 13.0. The second-order valence-corrected chi connectivity index (χ2v) is 5.12. The fourth-order valence-corrected chi connectivity index (χ4v) is 2.40. The molecule has 0 spiro atoms. The van der Waals surface area contributed by atoms with E-state index in [1.807, 2.05) is 0 Å². The quantitative estimate of drug-likeness (QED) is 0.706. The topological polar surface area (TPSA) is 86.9 Å². The van der Waals surface area contributed by atoms with Gasteiger partial charge in [-0.3, -0.25) is 4.79 Å². The highest BCUT2D eigenvalue weighted by Crippen LogP contribution is 2.33.